The molecule has 0 spiro atoms. The molecule has 2 heterocycles. The zero-order valence-electron chi connectivity index (χ0n) is 15.1. The molecular formula is C18H22FN5O2S. The quantitative estimate of drug-likeness (QED) is 0.819. The summed E-state index contributed by atoms with van der Waals surface area (Å²) in [6.45, 7) is 4.01. The van der Waals surface area contributed by atoms with Crippen LogP contribution < -0.4 is 10.6 Å². The fourth-order valence-corrected chi connectivity index (χ4v) is 3.82. The summed E-state index contributed by atoms with van der Waals surface area (Å²) < 4.78 is 13.2. The Bertz CT molecular complexity index is 805. The molecule has 1 aliphatic heterocycles. The first-order valence-electron chi connectivity index (χ1n) is 9.00. The number of anilines is 1. The lowest BCUT2D eigenvalue weighted by Crippen LogP contribution is -2.44. The number of amides is 3. The molecular weight excluding hydrogens is 369 g/mol. The van der Waals surface area contributed by atoms with Crippen LogP contribution in [0.3, 0.4) is 0 Å². The van der Waals surface area contributed by atoms with Gasteiger partial charge in [0.2, 0.25) is 5.01 Å². The molecule has 144 valence electrons. The van der Waals surface area contributed by atoms with Crippen LogP contribution >= 0.6 is 11.3 Å². The minimum Gasteiger partial charge on any atom is -0.338 e. The van der Waals surface area contributed by atoms with Crippen molar-refractivity contribution in [3.63, 3.8) is 0 Å². The number of hydrogen-bond donors (Lipinski definition) is 2. The van der Waals surface area contributed by atoms with Gasteiger partial charge in [-0.25, -0.2) is 9.18 Å². The van der Waals surface area contributed by atoms with Crippen molar-refractivity contribution >= 4 is 29.0 Å². The second kappa shape index (κ2) is 8.90. The van der Waals surface area contributed by atoms with E-state index in [2.05, 4.69) is 20.8 Å². The zero-order chi connectivity index (χ0) is 19.2. The Kier molecular flexibility index (Phi) is 6.33. The van der Waals surface area contributed by atoms with Gasteiger partial charge in [0.15, 0.2) is 0 Å². The lowest BCUT2D eigenvalue weighted by Gasteiger charge is -2.30. The van der Waals surface area contributed by atoms with Crippen molar-refractivity contribution in [1.29, 1.82) is 0 Å². The number of aromatic nitrogens is 2. The summed E-state index contributed by atoms with van der Waals surface area (Å²) in [4.78, 5) is 26.1. The summed E-state index contributed by atoms with van der Waals surface area (Å²) in [6, 6.07) is 5.68. The highest BCUT2D eigenvalue weighted by Gasteiger charge is 2.27. The molecule has 0 bridgehead atoms. The second-order valence-corrected chi connectivity index (χ2v) is 7.41. The van der Waals surface area contributed by atoms with Gasteiger partial charge in [0.1, 0.15) is 10.8 Å². The van der Waals surface area contributed by atoms with Gasteiger partial charge >= 0.3 is 6.03 Å². The first-order valence-corrected chi connectivity index (χ1v) is 9.81. The Hall–Kier alpha value is -2.55. The minimum absolute atomic E-state index is 0.0253. The molecule has 0 unspecified atom stereocenters. The standard InChI is InChI=1S/C18H22FN5O2S/c1-2-8-20-18(26)24-9-6-12(7-10-24)16-22-23-17(27-16)15(25)21-14-5-3-4-13(19)11-14/h3-5,11-12H,2,6-10H2,1H3,(H,20,26)(H,21,25). The topological polar surface area (TPSA) is 87.2 Å². The molecule has 2 N–H and O–H groups in total. The van der Waals surface area contributed by atoms with E-state index in [0.717, 1.165) is 24.3 Å². The van der Waals surface area contributed by atoms with Crippen LogP contribution in [0.15, 0.2) is 24.3 Å². The number of hydrogen-bond acceptors (Lipinski definition) is 5. The Balaban J connectivity index is 1.55. The van der Waals surface area contributed by atoms with Crippen molar-refractivity contribution in [3.05, 3.63) is 40.1 Å². The van der Waals surface area contributed by atoms with Crippen LogP contribution in [-0.4, -0.2) is 46.7 Å². The van der Waals surface area contributed by atoms with Gasteiger partial charge in [-0.05, 0) is 37.5 Å². The highest BCUT2D eigenvalue weighted by Crippen LogP contribution is 2.30. The van der Waals surface area contributed by atoms with Crippen molar-refractivity contribution in [2.24, 2.45) is 0 Å². The van der Waals surface area contributed by atoms with Crippen LogP contribution in [-0.2, 0) is 0 Å². The Morgan fingerprint density at radius 3 is 2.78 bits per heavy atom. The van der Waals surface area contributed by atoms with Crippen LogP contribution in [0.25, 0.3) is 0 Å². The molecule has 0 aliphatic carbocycles. The minimum atomic E-state index is -0.416. The summed E-state index contributed by atoms with van der Waals surface area (Å²) >= 11 is 1.25. The fraction of sp³-hybridized carbons (Fsp3) is 0.444. The van der Waals surface area contributed by atoms with Gasteiger partial charge in [-0.2, -0.15) is 0 Å². The summed E-state index contributed by atoms with van der Waals surface area (Å²) in [5.74, 6) is -0.630. The van der Waals surface area contributed by atoms with E-state index in [0.29, 0.717) is 25.3 Å². The number of carbonyl (C=O) groups is 2. The van der Waals surface area contributed by atoms with Crippen LogP contribution in [0.1, 0.15) is 46.9 Å². The molecule has 1 fully saturated rings. The maximum Gasteiger partial charge on any atom is 0.317 e. The van der Waals surface area contributed by atoms with E-state index in [1.807, 2.05) is 11.8 Å². The van der Waals surface area contributed by atoms with E-state index in [1.165, 1.54) is 29.5 Å². The van der Waals surface area contributed by atoms with Crippen molar-refractivity contribution < 1.29 is 14.0 Å². The zero-order valence-corrected chi connectivity index (χ0v) is 15.9. The molecule has 1 saturated heterocycles. The van der Waals surface area contributed by atoms with Gasteiger partial charge in [-0.3, -0.25) is 4.79 Å². The Morgan fingerprint density at radius 2 is 2.07 bits per heavy atom. The molecule has 0 atom stereocenters. The molecule has 0 radical (unpaired) electrons. The number of urea groups is 1. The van der Waals surface area contributed by atoms with Crippen LogP contribution in [0.2, 0.25) is 0 Å². The van der Waals surface area contributed by atoms with Crippen LogP contribution in [0.4, 0.5) is 14.9 Å². The SMILES string of the molecule is CCCNC(=O)N1CCC(c2nnc(C(=O)Nc3cccc(F)c3)s2)CC1. The fourth-order valence-electron chi connectivity index (χ4n) is 2.92. The van der Waals surface area contributed by atoms with Gasteiger partial charge in [0.25, 0.3) is 5.91 Å². The van der Waals surface area contributed by atoms with Crippen molar-refractivity contribution in [2.75, 3.05) is 25.0 Å². The average molecular weight is 391 g/mol. The molecule has 7 nitrogen and oxygen atoms in total. The van der Waals surface area contributed by atoms with Gasteiger partial charge in [-0.1, -0.05) is 24.3 Å². The van der Waals surface area contributed by atoms with Gasteiger partial charge < -0.3 is 15.5 Å². The molecule has 0 saturated carbocycles. The van der Waals surface area contributed by atoms with E-state index < -0.39 is 11.7 Å². The number of benzene rings is 1. The van der Waals surface area contributed by atoms with E-state index in [-0.39, 0.29) is 17.0 Å². The van der Waals surface area contributed by atoms with E-state index >= 15 is 0 Å². The number of carbonyl (C=O) groups excluding carboxylic acids is 2. The van der Waals surface area contributed by atoms with Crippen molar-refractivity contribution in [3.8, 4) is 0 Å². The highest BCUT2D eigenvalue weighted by molar-refractivity contribution is 7.13. The van der Waals surface area contributed by atoms with Gasteiger partial charge in [-0.15, -0.1) is 10.2 Å². The van der Waals surface area contributed by atoms with E-state index in [1.54, 1.807) is 6.07 Å². The summed E-state index contributed by atoms with van der Waals surface area (Å²) in [5.41, 5.74) is 0.378. The number of nitrogens with zero attached hydrogens (tertiary/aromatic N) is 3. The number of nitrogens with one attached hydrogen (secondary N) is 2. The normalized spacial score (nSPS) is 14.8. The first kappa shape index (κ1) is 19.2. The third-order valence-electron chi connectivity index (χ3n) is 4.37. The lowest BCUT2D eigenvalue weighted by molar-refractivity contribution is 0.102. The lowest BCUT2D eigenvalue weighted by atomic mass is 9.98. The molecule has 3 amide bonds. The molecule has 9 heteroatoms. The van der Waals surface area contributed by atoms with Crippen molar-refractivity contribution in [1.82, 2.24) is 20.4 Å². The Morgan fingerprint density at radius 1 is 1.30 bits per heavy atom. The predicted molar refractivity (Wildman–Crippen MR) is 101 cm³/mol. The first-order chi connectivity index (χ1) is 13.1. The van der Waals surface area contributed by atoms with Gasteiger partial charge in [0.05, 0.1) is 0 Å². The maximum atomic E-state index is 13.2. The molecule has 1 aromatic carbocycles. The Labute approximate surface area is 161 Å². The smallest absolute Gasteiger partial charge is 0.317 e. The molecule has 2 aromatic rings. The average Bonchev–Trinajstić information content (AvgIpc) is 3.16. The number of likely N-dealkylation sites (tertiary alicyclic amines) is 1. The predicted octanol–water partition coefficient (Wildman–Crippen LogP) is 3.23. The molecule has 3 rings (SSSR count). The maximum absolute atomic E-state index is 13.2. The molecule has 1 aliphatic rings. The van der Waals surface area contributed by atoms with E-state index in [4.69, 9.17) is 0 Å². The van der Waals surface area contributed by atoms with E-state index in [9.17, 15) is 14.0 Å². The largest absolute Gasteiger partial charge is 0.338 e. The van der Waals surface area contributed by atoms with Crippen LogP contribution in [0.5, 0.6) is 0 Å². The number of rotatable bonds is 5. The number of piperidine rings is 1. The number of halogens is 1. The summed E-state index contributed by atoms with van der Waals surface area (Å²) in [5, 5.41) is 14.7. The molecule has 1 aromatic heterocycles. The van der Waals surface area contributed by atoms with Gasteiger partial charge in [0, 0.05) is 31.2 Å². The second-order valence-electron chi connectivity index (χ2n) is 6.40. The van der Waals surface area contributed by atoms with Crippen LogP contribution in [0, 0.1) is 5.82 Å². The monoisotopic (exact) mass is 391 g/mol. The third-order valence-corrected chi connectivity index (χ3v) is 5.46. The third kappa shape index (κ3) is 5.00. The summed E-state index contributed by atoms with van der Waals surface area (Å²) in [7, 11) is 0. The van der Waals surface area contributed by atoms with Crippen molar-refractivity contribution in [2.45, 2.75) is 32.1 Å². The highest BCUT2D eigenvalue weighted by atomic mass is 32.1. The summed E-state index contributed by atoms with van der Waals surface area (Å²) in [6.07, 6.45) is 2.49. The molecule has 27 heavy (non-hydrogen) atoms.